The average molecular weight is 298 g/mol. The fourth-order valence-corrected chi connectivity index (χ4v) is 1.32. The molecule has 0 bridgehead atoms. The van der Waals surface area contributed by atoms with Crippen molar-refractivity contribution in [2.75, 3.05) is 11.2 Å². The first-order valence-corrected chi connectivity index (χ1v) is 7.28. The van der Waals surface area contributed by atoms with Crippen molar-refractivity contribution in [3.8, 4) is 0 Å². The maximum absolute atomic E-state index is 10.8. The van der Waals surface area contributed by atoms with Crippen LogP contribution in [0.3, 0.4) is 0 Å². The van der Waals surface area contributed by atoms with E-state index >= 15 is 0 Å². The molecule has 0 aliphatic heterocycles. The molecule has 0 atom stereocenters. The molecule has 0 aromatic heterocycles. The number of hydrogen-bond acceptors (Lipinski definition) is 2. The Morgan fingerprint density at radius 3 is 1.75 bits per heavy atom. The minimum Gasteiger partial charge on any atom is -0.224 e. The molecule has 0 saturated heterocycles. The molecule has 4 heteroatoms. The Morgan fingerprint density at radius 1 is 1.08 bits per heavy atom. The van der Waals surface area contributed by atoms with Crippen LogP contribution in [0.1, 0.15) is 0 Å². The zero-order valence-corrected chi connectivity index (χ0v) is 9.96. The van der Waals surface area contributed by atoms with Crippen LogP contribution in [0.5, 0.6) is 0 Å². The number of rotatable bonds is 1. The third-order valence-electron chi connectivity index (χ3n) is 1.17. The van der Waals surface area contributed by atoms with Crippen LogP contribution in [0.15, 0.2) is 35.2 Å². The Bertz CT molecular complexity index is 305. The number of hydrogen-bond donors (Lipinski definition) is 0. The van der Waals surface area contributed by atoms with Crippen molar-refractivity contribution in [1.29, 1.82) is 0 Å². The Balaban J connectivity index is 0.000000561. The van der Waals surface area contributed by atoms with E-state index < -0.39 is 9.84 Å². The summed E-state index contributed by atoms with van der Waals surface area (Å²) in [4.78, 5) is 2.34. The quantitative estimate of drug-likeness (QED) is 0.588. The van der Waals surface area contributed by atoms with Gasteiger partial charge in [-0.1, -0.05) is 40.8 Å². The van der Waals surface area contributed by atoms with Gasteiger partial charge < -0.3 is 0 Å². The summed E-state index contributed by atoms with van der Waals surface area (Å²) in [5, 5.41) is 0. The van der Waals surface area contributed by atoms with Crippen molar-refractivity contribution < 1.29 is 8.42 Å². The number of benzene rings is 1. The van der Waals surface area contributed by atoms with Crippen molar-refractivity contribution in [3.05, 3.63) is 30.3 Å². The monoisotopic (exact) mass is 298 g/mol. The second-order valence-corrected chi connectivity index (χ2v) is 4.10. The van der Waals surface area contributed by atoms with Crippen LogP contribution < -0.4 is 0 Å². The van der Waals surface area contributed by atoms with E-state index in [9.17, 15) is 8.42 Å². The van der Waals surface area contributed by atoms with Gasteiger partial charge in [0.25, 0.3) is 0 Å². The fraction of sp³-hybridized carbons (Fsp3) is 0.250. The van der Waals surface area contributed by atoms with Crippen molar-refractivity contribution in [3.63, 3.8) is 0 Å². The topological polar surface area (TPSA) is 34.1 Å². The van der Waals surface area contributed by atoms with Crippen LogP contribution in [0.4, 0.5) is 0 Å². The molecule has 0 fully saturated rings. The lowest BCUT2D eigenvalue weighted by Gasteiger charge is -1.93. The molecule has 1 rings (SSSR count). The molecule has 0 saturated carbocycles. The molecule has 0 unspecified atom stereocenters. The summed E-state index contributed by atoms with van der Waals surface area (Å²) in [5.41, 5.74) is 0. The van der Waals surface area contributed by atoms with Gasteiger partial charge in [0.1, 0.15) is 0 Å². The van der Waals surface area contributed by atoms with Crippen molar-refractivity contribution in [2.24, 2.45) is 0 Å². The highest BCUT2D eigenvalue weighted by atomic mass is 127. The van der Waals surface area contributed by atoms with Gasteiger partial charge in [-0.2, -0.15) is 0 Å². The lowest BCUT2D eigenvalue weighted by molar-refractivity contribution is 0.602. The van der Waals surface area contributed by atoms with Gasteiger partial charge in [-0.3, -0.25) is 0 Å². The van der Waals surface area contributed by atoms with E-state index in [4.69, 9.17) is 0 Å². The molecule has 68 valence electrons. The maximum Gasteiger partial charge on any atom is 0.175 e. The maximum atomic E-state index is 10.8. The second kappa shape index (κ2) is 5.53. The van der Waals surface area contributed by atoms with E-state index in [0.29, 0.717) is 4.90 Å². The summed E-state index contributed by atoms with van der Waals surface area (Å²) in [7, 11) is -3.00. The van der Waals surface area contributed by atoms with Crippen LogP contribution >= 0.6 is 22.6 Å². The van der Waals surface area contributed by atoms with Crippen molar-refractivity contribution >= 4 is 32.4 Å². The van der Waals surface area contributed by atoms with Crippen LogP contribution in [0, 0.1) is 0 Å². The van der Waals surface area contributed by atoms with E-state index in [1.165, 1.54) is 6.26 Å². The summed E-state index contributed by atoms with van der Waals surface area (Å²) in [6.07, 6.45) is 1.20. The molecule has 2 nitrogen and oxygen atoms in total. The first-order valence-electron chi connectivity index (χ1n) is 3.23. The molecule has 0 aliphatic rings. The minimum atomic E-state index is -3.00. The zero-order valence-electron chi connectivity index (χ0n) is 6.99. The highest BCUT2D eigenvalue weighted by molar-refractivity contribution is 14.1. The van der Waals surface area contributed by atoms with Gasteiger partial charge in [0.05, 0.1) is 4.90 Å². The predicted octanol–water partition coefficient (Wildman–Crippen LogP) is 2.14. The fourth-order valence-electron chi connectivity index (χ4n) is 0.668. The summed E-state index contributed by atoms with van der Waals surface area (Å²) in [6, 6.07) is 8.35. The van der Waals surface area contributed by atoms with E-state index in [2.05, 4.69) is 22.6 Å². The molecule has 1 aromatic carbocycles. The van der Waals surface area contributed by atoms with Gasteiger partial charge in [-0.15, -0.1) is 0 Å². The SMILES string of the molecule is CI.CS(=O)(=O)c1ccccc1. The summed E-state index contributed by atoms with van der Waals surface area (Å²) in [6.45, 7) is 0. The Labute approximate surface area is 87.1 Å². The predicted molar refractivity (Wildman–Crippen MR) is 59.5 cm³/mol. The largest absolute Gasteiger partial charge is 0.224 e. The Kier molecular flexibility index (Phi) is 5.48. The smallest absolute Gasteiger partial charge is 0.175 e. The van der Waals surface area contributed by atoms with Gasteiger partial charge in [0, 0.05) is 6.26 Å². The number of sulfone groups is 1. The summed E-state index contributed by atoms with van der Waals surface area (Å²) >= 11 is 2.15. The van der Waals surface area contributed by atoms with Crippen LogP contribution in [0.2, 0.25) is 0 Å². The third-order valence-corrected chi connectivity index (χ3v) is 2.30. The lowest BCUT2D eigenvalue weighted by Crippen LogP contribution is -1.95. The van der Waals surface area contributed by atoms with E-state index in [0.717, 1.165) is 0 Å². The van der Waals surface area contributed by atoms with Crippen LogP contribution in [-0.4, -0.2) is 19.6 Å². The zero-order chi connectivity index (χ0) is 9.61. The van der Waals surface area contributed by atoms with Crippen LogP contribution in [-0.2, 0) is 9.84 Å². The molecule has 1 aromatic rings. The molecule has 0 aliphatic carbocycles. The lowest BCUT2D eigenvalue weighted by atomic mass is 10.4. The molecule has 0 radical (unpaired) electrons. The first-order chi connectivity index (χ1) is 5.61. The minimum absolute atomic E-state index is 0.370. The van der Waals surface area contributed by atoms with Crippen molar-refractivity contribution in [1.82, 2.24) is 0 Å². The normalized spacial score (nSPS) is 9.92. The summed E-state index contributed by atoms with van der Waals surface area (Å²) < 4.78 is 21.7. The molecule has 0 spiro atoms. The molecular formula is C8H11IO2S. The van der Waals surface area contributed by atoms with E-state index in [-0.39, 0.29) is 0 Å². The van der Waals surface area contributed by atoms with Crippen molar-refractivity contribution in [2.45, 2.75) is 4.90 Å². The molecule has 0 heterocycles. The highest BCUT2D eigenvalue weighted by Crippen LogP contribution is 2.05. The van der Waals surface area contributed by atoms with Crippen LogP contribution in [0.25, 0.3) is 0 Å². The van der Waals surface area contributed by atoms with Gasteiger partial charge in [0.2, 0.25) is 0 Å². The first kappa shape index (κ1) is 11.9. The molecule has 12 heavy (non-hydrogen) atoms. The van der Waals surface area contributed by atoms with E-state index in [1.807, 2.05) is 4.93 Å². The molecule has 0 N–H and O–H groups in total. The average Bonchev–Trinajstić information content (AvgIpc) is 2.08. The molecule has 0 amide bonds. The van der Waals surface area contributed by atoms with Gasteiger partial charge in [-0.05, 0) is 17.1 Å². The number of halogens is 1. The molecular weight excluding hydrogens is 287 g/mol. The summed E-state index contributed by atoms with van der Waals surface area (Å²) in [5.74, 6) is 0. The third kappa shape index (κ3) is 4.06. The van der Waals surface area contributed by atoms with Gasteiger partial charge in [-0.25, -0.2) is 8.42 Å². The van der Waals surface area contributed by atoms with Gasteiger partial charge in [0.15, 0.2) is 9.84 Å². The Hall–Kier alpha value is -0.1000. The second-order valence-electron chi connectivity index (χ2n) is 2.09. The van der Waals surface area contributed by atoms with E-state index in [1.54, 1.807) is 30.3 Å². The Morgan fingerprint density at radius 2 is 1.50 bits per heavy atom. The number of alkyl halides is 1. The van der Waals surface area contributed by atoms with Gasteiger partial charge >= 0.3 is 0 Å². The standard InChI is InChI=1S/C7H8O2S.CH3I/c1-10(8,9)7-5-3-2-4-6-7;1-2/h2-6H,1H3;1H3. The highest BCUT2D eigenvalue weighted by Gasteiger charge is 2.02.